The second-order valence-corrected chi connectivity index (χ2v) is 9.70. The SMILES string of the molecule is CCN1CN(C2CCN(CC3CCCCCCC3)CC2C(O)CO)c2ccccc21. The van der Waals surface area contributed by atoms with Gasteiger partial charge in [-0.05, 0) is 44.2 Å². The number of piperidine rings is 1. The third kappa shape index (κ3) is 4.79. The van der Waals surface area contributed by atoms with Crippen LogP contribution in [0.15, 0.2) is 24.3 Å². The first-order valence-corrected chi connectivity index (χ1v) is 12.3. The number of aliphatic hydroxyl groups excluding tert-OH is 2. The highest BCUT2D eigenvalue weighted by molar-refractivity contribution is 5.76. The van der Waals surface area contributed by atoms with Gasteiger partial charge in [-0.15, -0.1) is 0 Å². The summed E-state index contributed by atoms with van der Waals surface area (Å²) in [5.41, 5.74) is 2.59. The molecular weight excluding hydrogens is 374 g/mol. The lowest BCUT2D eigenvalue weighted by molar-refractivity contribution is -0.00197. The summed E-state index contributed by atoms with van der Waals surface area (Å²) in [7, 11) is 0. The Balaban J connectivity index is 1.46. The van der Waals surface area contributed by atoms with Crippen LogP contribution in [-0.2, 0) is 0 Å². The standard InChI is InChI=1S/C25H41N3O2/c1-2-27-19-28(24-13-9-8-12-23(24)27)22-14-15-26(17-21(22)25(30)18-29)16-20-10-6-4-3-5-7-11-20/h8-9,12-13,20-22,25,29-30H,2-7,10-11,14-19H2,1H3. The van der Waals surface area contributed by atoms with Gasteiger partial charge in [-0.25, -0.2) is 0 Å². The maximum atomic E-state index is 10.8. The Hall–Kier alpha value is -1.30. The number of likely N-dealkylation sites (tertiary alicyclic amines) is 1. The minimum Gasteiger partial charge on any atom is -0.394 e. The number of hydrogen-bond acceptors (Lipinski definition) is 5. The Morgan fingerprint density at radius 3 is 2.40 bits per heavy atom. The summed E-state index contributed by atoms with van der Waals surface area (Å²) in [4.78, 5) is 7.50. The summed E-state index contributed by atoms with van der Waals surface area (Å²) in [6.07, 6.45) is 10.1. The van der Waals surface area contributed by atoms with Gasteiger partial charge in [0.1, 0.15) is 0 Å². The Labute approximate surface area is 182 Å². The van der Waals surface area contributed by atoms with Crippen molar-refractivity contribution in [2.45, 2.75) is 70.4 Å². The molecular formula is C25H41N3O2. The van der Waals surface area contributed by atoms with Crippen LogP contribution in [0, 0.1) is 11.8 Å². The van der Waals surface area contributed by atoms with E-state index in [1.807, 2.05) is 0 Å². The molecule has 4 rings (SSSR count). The minimum atomic E-state index is -0.655. The first-order chi connectivity index (χ1) is 14.7. The molecule has 0 amide bonds. The zero-order valence-electron chi connectivity index (χ0n) is 18.8. The Bertz CT molecular complexity index is 662. The van der Waals surface area contributed by atoms with Crippen LogP contribution >= 0.6 is 0 Å². The van der Waals surface area contributed by atoms with E-state index in [9.17, 15) is 10.2 Å². The third-order valence-corrected chi connectivity index (χ3v) is 7.76. The summed E-state index contributed by atoms with van der Waals surface area (Å²) in [5, 5.41) is 20.6. The van der Waals surface area contributed by atoms with Gasteiger partial charge >= 0.3 is 0 Å². The summed E-state index contributed by atoms with van der Waals surface area (Å²) >= 11 is 0. The second kappa shape index (κ2) is 10.3. The lowest BCUT2D eigenvalue weighted by Crippen LogP contribution is -2.56. The number of fused-ring (bicyclic) bond motifs is 1. The summed E-state index contributed by atoms with van der Waals surface area (Å²) in [6.45, 7) is 7.09. The van der Waals surface area contributed by atoms with Gasteiger partial charge in [-0.3, -0.25) is 0 Å². The Morgan fingerprint density at radius 2 is 1.70 bits per heavy atom. The molecule has 2 heterocycles. The van der Waals surface area contributed by atoms with Crippen LogP contribution in [0.4, 0.5) is 11.4 Å². The lowest BCUT2D eigenvalue weighted by atomic mass is 9.84. The molecule has 0 radical (unpaired) electrons. The molecule has 1 saturated carbocycles. The van der Waals surface area contributed by atoms with Crippen LogP contribution in [0.3, 0.4) is 0 Å². The van der Waals surface area contributed by atoms with Crippen molar-refractivity contribution in [3.8, 4) is 0 Å². The molecule has 0 spiro atoms. The van der Waals surface area contributed by atoms with Crippen molar-refractivity contribution in [1.82, 2.24) is 4.90 Å². The molecule has 2 N–H and O–H groups in total. The molecule has 0 bridgehead atoms. The van der Waals surface area contributed by atoms with Crippen molar-refractivity contribution in [2.75, 3.05) is 49.3 Å². The molecule has 168 valence electrons. The zero-order chi connectivity index (χ0) is 20.9. The fraction of sp³-hybridized carbons (Fsp3) is 0.760. The van der Waals surface area contributed by atoms with E-state index in [1.54, 1.807) is 0 Å². The van der Waals surface area contributed by atoms with E-state index >= 15 is 0 Å². The molecule has 5 nitrogen and oxygen atoms in total. The van der Waals surface area contributed by atoms with Crippen LogP contribution in [0.25, 0.3) is 0 Å². The van der Waals surface area contributed by atoms with Crippen LogP contribution in [0.5, 0.6) is 0 Å². The summed E-state index contributed by atoms with van der Waals surface area (Å²) < 4.78 is 0. The molecule has 3 atom stereocenters. The largest absolute Gasteiger partial charge is 0.394 e. The lowest BCUT2D eigenvalue weighted by Gasteiger charge is -2.45. The molecule has 3 aliphatic rings. The Morgan fingerprint density at radius 1 is 1.00 bits per heavy atom. The monoisotopic (exact) mass is 415 g/mol. The van der Waals surface area contributed by atoms with Gasteiger partial charge in [0.15, 0.2) is 0 Å². The summed E-state index contributed by atoms with van der Waals surface area (Å²) in [6, 6.07) is 8.93. The topological polar surface area (TPSA) is 50.2 Å². The number of anilines is 2. The van der Waals surface area contributed by atoms with Crippen molar-refractivity contribution in [3.63, 3.8) is 0 Å². The quantitative estimate of drug-likeness (QED) is 0.742. The van der Waals surface area contributed by atoms with Crippen molar-refractivity contribution in [3.05, 3.63) is 24.3 Å². The van der Waals surface area contributed by atoms with E-state index < -0.39 is 6.10 Å². The Kier molecular flexibility index (Phi) is 7.55. The van der Waals surface area contributed by atoms with Crippen molar-refractivity contribution < 1.29 is 10.2 Å². The minimum absolute atomic E-state index is 0.0853. The van der Waals surface area contributed by atoms with Crippen molar-refractivity contribution >= 4 is 11.4 Å². The number of rotatable bonds is 6. The van der Waals surface area contributed by atoms with E-state index in [0.29, 0.717) is 0 Å². The smallest absolute Gasteiger partial charge is 0.0907 e. The predicted molar refractivity (Wildman–Crippen MR) is 124 cm³/mol. The summed E-state index contributed by atoms with van der Waals surface area (Å²) in [5.74, 6) is 0.888. The van der Waals surface area contributed by atoms with Crippen molar-refractivity contribution in [2.24, 2.45) is 11.8 Å². The van der Waals surface area contributed by atoms with Gasteiger partial charge in [0, 0.05) is 38.1 Å². The van der Waals surface area contributed by atoms with Gasteiger partial charge in [0.25, 0.3) is 0 Å². The highest BCUT2D eigenvalue weighted by Gasteiger charge is 2.40. The van der Waals surface area contributed by atoms with E-state index in [4.69, 9.17) is 0 Å². The first kappa shape index (κ1) is 21.9. The molecule has 1 aliphatic carbocycles. The molecule has 2 fully saturated rings. The molecule has 2 aliphatic heterocycles. The average molecular weight is 416 g/mol. The molecule has 0 aromatic heterocycles. The van der Waals surface area contributed by atoms with Gasteiger partial charge < -0.3 is 24.9 Å². The van der Waals surface area contributed by atoms with Crippen LogP contribution < -0.4 is 9.80 Å². The van der Waals surface area contributed by atoms with Crippen LogP contribution in [-0.4, -0.2) is 66.7 Å². The van der Waals surface area contributed by atoms with Crippen LogP contribution in [0.1, 0.15) is 58.3 Å². The number of hydrogen-bond donors (Lipinski definition) is 2. The maximum Gasteiger partial charge on any atom is 0.0907 e. The number of nitrogens with zero attached hydrogens (tertiary/aromatic N) is 3. The zero-order valence-corrected chi connectivity index (χ0v) is 18.8. The fourth-order valence-corrected chi connectivity index (χ4v) is 6.06. The van der Waals surface area contributed by atoms with Gasteiger partial charge in [-0.2, -0.15) is 0 Å². The molecule has 1 aromatic rings. The molecule has 3 unspecified atom stereocenters. The predicted octanol–water partition coefficient (Wildman–Crippen LogP) is 3.69. The van der Waals surface area contributed by atoms with E-state index in [1.165, 1.54) is 62.9 Å². The van der Waals surface area contributed by atoms with E-state index in [-0.39, 0.29) is 18.6 Å². The van der Waals surface area contributed by atoms with E-state index in [0.717, 1.165) is 38.6 Å². The highest BCUT2D eigenvalue weighted by atomic mass is 16.3. The number of para-hydroxylation sites is 2. The number of benzene rings is 1. The van der Waals surface area contributed by atoms with Gasteiger partial charge in [0.05, 0.1) is 30.8 Å². The van der Waals surface area contributed by atoms with Gasteiger partial charge in [-0.1, -0.05) is 44.2 Å². The maximum absolute atomic E-state index is 10.8. The highest BCUT2D eigenvalue weighted by Crippen LogP contribution is 2.40. The second-order valence-electron chi connectivity index (χ2n) is 9.70. The fourth-order valence-electron chi connectivity index (χ4n) is 6.06. The molecule has 1 saturated heterocycles. The third-order valence-electron chi connectivity index (χ3n) is 7.76. The first-order valence-electron chi connectivity index (χ1n) is 12.3. The normalized spacial score (nSPS) is 27.6. The molecule has 5 heteroatoms. The van der Waals surface area contributed by atoms with Crippen molar-refractivity contribution in [1.29, 1.82) is 0 Å². The van der Waals surface area contributed by atoms with Crippen LogP contribution in [0.2, 0.25) is 0 Å². The average Bonchev–Trinajstić information content (AvgIpc) is 3.13. The van der Waals surface area contributed by atoms with Gasteiger partial charge in [0.2, 0.25) is 0 Å². The van der Waals surface area contributed by atoms with E-state index in [2.05, 4.69) is 45.9 Å². The number of aliphatic hydroxyl groups is 2. The molecule has 1 aromatic carbocycles. The molecule has 30 heavy (non-hydrogen) atoms.